The summed E-state index contributed by atoms with van der Waals surface area (Å²) >= 11 is 0. The summed E-state index contributed by atoms with van der Waals surface area (Å²) in [6.07, 6.45) is 1.88. The van der Waals surface area contributed by atoms with Crippen molar-refractivity contribution in [3.63, 3.8) is 0 Å². The Morgan fingerprint density at radius 3 is 1.95 bits per heavy atom. The number of nitrogens with two attached hydrogens (primary N) is 1. The van der Waals surface area contributed by atoms with Crippen LogP contribution in [0.15, 0.2) is 18.2 Å². The summed E-state index contributed by atoms with van der Waals surface area (Å²) in [5.41, 5.74) is 6.64. The molecule has 0 spiro atoms. The molecule has 1 aromatic rings. The van der Waals surface area contributed by atoms with Crippen molar-refractivity contribution < 1.29 is 42.9 Å². The third-order valence-corrected chi connectivity index (χ3v) is 5.35. The number of hydrogen-bond donors (Lipinski definition) is 1. The van der Waals surface area contributed by atoms with Crippen LogP contribution >= 0.6 is 0 Å². The van der Waals surface area contributed by atoms with Crippen molar-refractivity contribution in [2.75, 3.05) is 6.61 Å². The zero-order valence-corrected chi connectivity index (χ0v) is 22.6. The lowest BCUT2D eigenvalue weighted by Gasteiger charge is -2.22. The molecule has 10 nitrogen and oxygen atoms in total. The van der Waals surface area contributed by atoms with E-state index in [9.17, 15) is 19.2 Å². The number of ether oxygens (including phenoxy) is 5. The minimum absolute atomic E-state index is 0.0723. The smallest absolute Gasteiger partial charge is 0.458 e. The average molecular weight is 524 g/mol. The maximum Gasteiger partial charge on any atom is 0.508 e. The Labute approximate surface area is 219 Å². The molecule has 1 aromatic carbocycles. The second-order valence-corrected chi connectivity index (χ2v) is 8.81. The summed E-state index contributed by atoms with van der Waals surface area (Å²) in [4.78, 5) is 48.5. The number of esters is 3. The van der Waals surface area contributed by atoms with Gasteiger partial charge in [-0.25, -0.2) is 4.79 Å². The molecular weight excluding hydrogens is 482 g/mol. The van der Waals surface area contributed by atoms with Gasteiger partial charge in [0.25, 0.3) is 0 Å². The third kappa shape index (κ3) is 12.6. The third-order valence-electron chi connectivity index (χ3n) is 5.35. The summed E-state index contributed by atoms with van der Waals surface area (Å²) in [5, 5.41) is 0. The average Bonchev–Trinajstić information content (AvgIpc) is 2.86. The van der Waals surface area contributed by atoms with Crippen LogP contribution in [0.4, 0.5) is 4.79 Å². The first-order chi connectivity index (χ1) is 17.6. The van der Waals surface area contributed by atoms with Gasteiger partial charge in [0, 0.05) is 12.8 Å². The molecule has 0 saturated carbocycles. The lowest BCUT2D eigenvalue weighted by molar-refractivity contribution is -0.155. The van der Waals surface area contributed by atoms with E-state index in [1.165, 1.54) is 12.1 Å². The van der Waals surface area contributed by atoms with Gasteiger partial charge in [-0.2, -0.15) is 0 Å². The van der Waals surface area contributed by atoms with Gasteiger partial charge in [-0.3, -0.25) is 14.4 Å². The quantitative estimate of drug-likeness (QED) is 0.241. The van der Waals surface area contributed by atoms with E-state index < -0.39 is 42.3 Å². The Hall–Kier alpha value is -3.14. The summed E-state index contributed by atoms with van der Waals surface area (Å²) in [6, 6.07) is 3.64. The minimum atomic E-state index is -1.04. The van der Waals surface area contributed by atoms with Gasteiger partial charge in [0.2, 0.25) is 0 Å². The molecule has 0 unspecified atom stereocenters. The van der Waals surface area contributed by atoms with Gasteiger partial charge < -0.3 is 29.4 Å². The van der Waals surface area contributed by atoms with Gasteiger partial charge in [0.1, 0.15) is 18.2 Å². The molecule has 0 saturated heterocycles. The first kappa shape index (κ1) is 31.9. The molecule has 0 fully saturated rings. The molecule has 2 N–H and O–H groups in total. The molecule has 3 atom stereocenters. The van der Waals surface area contributed by atoms with E-state index in [0.29, 0.717) is 24.8 Å². The Morgan fingerprint density at radius 1 is 0.811 bits per heavy atom. The molecule has 10 heteroatoms. The van der Waals surface area contributed by atoms with E-state index in [4.69, 9.17) is 29.4 Å². The van der Waals surface area contributed by atoms with Crippen LogP contribution in [-0.4, -0.2) is 48.9 Å². The SMILES string of the molecule is CCCCC(=O)Oc1ccc(C[C@H](N)C(=O)O[C@@H](C)[C@H](C)OC(=O)OCCC)cc1OC(=O)CCCC. The lowest BCUT2D eigenvalue weighted by atomic mass is 10.1. The van der Waals surface area contributed by atoms with E-state index in [2.05, 4.69) is 0 Å². The zero-order chi connectivity index (χ0) is 27.8. The van der Waals surface area contributed by atoms with Gasteiger partial charge in [0.15, 0.2) is 11.5 Å². The Bertz CT molecular complexity index is 887. The number of benzene rings is 1. The minimum Gasteiger partial charge on any atom is -0.458 e. The summed E-state index contributed by atoms with van der Waals surface area (Å²) in [5.74, 6) is -1.36. The highest BCUT2D eigenvalue weighted by atomic mass is 16.7. The molecule has 37 heavy (non-hydrogen) atoms. The first-order valence-corrected chi connectivity index (χ1v) is 12.9. The van der Waals surface area contributed by atoms with Crippen LogP contribution < -0.4 is 15.2 Å². The fraction of sp³-hybridized carbons (Fsp3) is 0.630. The molecule has 0 aliphatic rings. The number of unbranched alkanes of at least 4 members (excludes halogenated alkanes) is 2. The Kier molecular flexibility index (Phi) is 14.9. The molecule has 0 radical (unpaired) electrons. The number of hydrogen-bond acceptors (Lipinski definition) is 10. The lowest BCUT2D eigenvalue weighted by Crippen LogP contribution is -2.39. The van der Waals surface area contributed by atoms with Crippen molar-refractivity contribution in [2.45, 2.75) is 104 Å². The van der Waals surface area contributed by atoms with Crippen LogP contribution in [0, 0.1) is 0 Å². The normalized spacial score (nSPS) is 13.1. The van der Waals surface area contributed by atoms with E-state index in [0.717, 1.165) is 12.8 Å². The molecule has 0 aromatic heterocycles. The molecule has 1 rings (SSSR count). The fourth-order valence-electron chi connectivity index (χ4n) is 3.00. The van der Waals surface area contributed by atoms with Crippen LogP contribution in [-0.2, 0) is 35.0 Å². The standard InChI is InChI=1S/C27H41NO9/c1-6-9-11-24(29)36-22-14-13-20(17-23(22)37-25(30)12-10-7-2)16-21(28)26(31)34-18(4)19(5)35-27(32)33-15-8-3/h13-14,17-19,21H,6-12,15-16,28H2,1-5H3/t18-,19-,21-/m0/s1. The van der Waals surface area contributed by atoms with E-state index >= 15 is 0 Å². The van der Waals surface area contributed by atoms with Gasteiger partial charge in [-0.15, -0.1) is 0 Å². The fourth-order valence-corrected chi connectivity index (χ4v) is 3.00. The van der Waals surface area contributed by atoms with Gasteiger partial charge in [-0.05, 0) is 57.2 Å². The second-order valence-electron chi connectivity index (χ2n) is 8.81. The molecule has 0 heterocycles. The topological polar surface area (TPSA) is 140 Å². The number of carbonyl (C=O) groups excluding carboxylic acids is 4. The van der Waals surface area contributed by atoms with E-state index in [1.807, 2.05) is 20.8 Å². The maximum atomic E-state index is 12.5. The van der Waals surface area contributed by atoms with Gasteiger partial charge >= 0.3 is 24.1 Å². The predicted octanol–water partition coefficient (Wildman–Crippen LogP) is 4.63. The van der Waals surface area contributed by atoms with Crippen LogP contribution in [0.3, 0.4) is 0 Å². The van der Waals surface area contributed by atoms with E-state index in [-0.39, 0.29) is 37.4 Å². The summed E-state index contributed by atoms with van der Waals surface area (Å²) < 4.78 is 26.2. The van der Waals surface area contributed by atoms with Crippen LogP contribution in [0.5, 0.6) is 11.5 Å². The van der Waals surface area contributed by atoms with Crippen molar-refractivity contribution in [3.05, 3.63) is 23.8 Å². The van der Waals surface area contributed by atoms with Crippen molar-refractivity contribution in [3.8, 4) is 11.5 Å². The first-order valence-electron chi connectivity index (χ1n) is 12.9. The second kappa shape index (κ2) is 17.3. The number of carbonyl (C=O) groups is 4. The zero-order valence-electron chi connectivity index (χ0n) is 22.6. The molecule has 0 aliphatic carbocycles. The van der Waals surface area contributed by atoms with Gasteiger partial charge in [0.05, 0.1) is 6.61 Å². The monoisotopic (exact) mass is 523 g/mol. The van der Waals surface area contributed by atoms with Crippen LogP contribution in [0.25, 0.3) is 0 Å². The van der Waals surface area contributed by atoms with Crippen molar-refractivity contribution in [1.82, 2.24) is 0 Å². The Balaban J connectivity index is 2.86. The highest BCUT2D eigenvalue weighted by Crippen LogP contribution is 2.30. The summed E-state index contributed by atoms with van der Waals surface area (Å²) in [6.45, 7) is 9.18. The summed E-state index contributed by atoms with van der Waals surface area (Å²) in [7, 11) is 0. The molecule has 0 amide bonds. The molecule has 208 valence electrons. The molecule has 0 aliphatic heterocycles. The van der Waals surface area contributed by atoms with Crippen molar-refractivity contribution >= 4 is 24.1 Å². The Morgan fingerprint density at radius 2 is 1.38 bits per heavy atom. The maximum absolute atomic E-state index is 12.5. The highest BCUT2D eigenvalue weighted by Gasteiger charge is 2.25. The van der Waals surface area contributed by atoms with Crippen molar-refractivity contribution in [1.29, 1.82) is 0 Å². The molecular formula is C27H41NO9. The predicted molar refractivity (Wildman–Crippen MR) is 136 cm³/mol. The largest absolute Gasteiger partial charge is 0.508 e. The van der Waals surface area contributed by atoms with Crippen LogP contribution in [0.2, 0.25) is 0 Å². The number of rotatable bonds is 16. The van der Waals surface area contributed by atoms with E-state index in [1.54, 1.807) is 19.9 Å². The molecule has 0 bridgehead atoms. The van der Waals surface area contributed by atoms with Crippen molar-refractivity contribution in [2.24, 2.45) is 5.73 Å². The van der Waals surface area contributed by atoms with Crippen LogP contribution in [0.1, 0.15) is 85.1 Å². The highest BCUT2D eigenvalue weighted by molar-refractivity contribution is 5.77. The van der Waals surface area contributed by atoms with Gasteiger partial charge in [-0.1, -0.05) is 39.7 Å².